The highest BCUT2D eigenvalue weighted by Gasteiger charge is 2.18. The maximum atomic E-state index is 11.6. The molecule has 1 aromatic carbocycles. The first-order valence-corrected chi connectivity index (χ1v) is 5.29. The molecule has 0 aliphatic heterocycles. The zero-order chi connectivity index (χ0) is 12.8. The van der Waals surface area contributed by atoms with Crippen molar-refractivity contribution in [1.29, 1.82) is 0 Å². The minimum atomic E-state index is -0.699. The van der Waals surface area contributed by atoms with E-state index < -0.39 is 11.8 Å². The summed E-state index contributed by atoms with van der Waals surface area (Å²) in [6.45, 7) is 1.82. The molecule has 0 aliphatic rings. The van der Waals surface area contributed by atoms with Crippen LogP contribution in [0.25, 0.3) is 0 Å². The number of nitrogens with zero attached hydrogens (tertiary/aromatic N) is 1. The number of para-hydroxylation sites is 1. The van der Waals surface area contributed by atoms with Crippen molar-refractivity contribution in [2.75, 3.05) is 25.5 Å². The minimum absolute atomic E-state index is 0.139. The van der Waals surface area contributed by atoms with Gasteiger partial charge in [0, 0.05) is 19.3 Å². The zero-order valence-electron chi connectivity index (χ0n) is 9.93. The standard InChI is InChI=1S/C12H16N2O3/c1-9-5-3-4-6-10(9)13-11(16)12(17)14(2)7-8-15/h3-6,15H,7-8H2,1-2H3,(H,13,16). The second-order valence-electron chi connectivity index (χ2n) is 3.72. The Kier molecular flexibility index (Phi) is 4.66. The summed E-state index contributed by atoms with van der Waals surface area (Å²) < 4.78 is 0. The summed E-state index contributed by atoms with van der Waals surface area (Å²) >= 11 is 0. The molecule has 0 fully saturated rings. The van der Waals surface area contributed by atoms with Gasteiger partial charge in [0.2, 0.25) is 0 Å². The zero-order valence-corrected chi connectivity index (χ0v) is 9.93. The van der Waals surface area contributed by atoms with Gasteiger partial charge >= 0.3 is 11.8 Å². The van der Waals surface area contributed by atoms with E-state index in [1.54, 1.807) is 12.1 Å². The summed E-state index contributed by atoms with van der Waals surface area (Å²) in [5.41, 5.74) is 1.50. The summed E-state index contributed by atoms with van der Waals surface area (Å²) in [7, 11) is 1.47. The van der Waals surface area contributed by atoms with Gasteiger partial charge in [-0.1, -0.05) is 18.2 Å². The van der Waals surface area contributed by atoms with Crippen LogP contribution in [-0.4, -0.2) is 42.0 Å². The van der Waals surface area contributed by atoms with Crippen LogP contribution in [0.5, 0.6) is 0 Å². The molecule has 0 aromatic heterocycles. The van der Waals surface area contributed by atoms with Crippen molar-refractivity contribution in [3.63, 3.8) is 0 Å². The van der Waals surface area contributed by atoms with Crippen molar-refractivity contribution in [3.8, 4) is 0 Å². The lowest BCUT2D eigenvalue weighted by Gasteiger charge is -2.15. The molecule has 0 atom stereocenters. The molecule has 0 bridgehead atoms. The van der Waals surface area contributed by atoms with E-state index in [2.05, 4.69) is 5.32 Å². The second kappa shape index (κ2) is 6.00. The smallest absolute Gasteiger partial charge is 0.313 e. The molecule has 5 nitrogen and oxygen atoms in total. The molecule has 2 N–H and O–H groups in total. The maximum absolute atomic E-state index is 11.6. The van der Waals surface area contributed by atoms with E-state index in [-0.39, 0.29) is 13.2 Å². The number of amides is 2. The fourth-order valence-corrected chi connectivity index (χ4v) is 1.31. The van der Waals surface area contributed by atoms with Crippen LogP contribution in [0.3, 0.4) is 0 Å². The fourth-order valence-electron chi connectivity index (χ4n) is 1.31. The first-order chi connectivity index (χ1) is 8.06. The Morgan fingerprint density at radius 3 is 2.59 bits per heavy atom. The third-order valence-corrected chi connectivity index (χ3v) is 2.37. The molecule has 0 heterocycles. The van der Waals surface area contributed by atoms with Crippen molar-refractivity contribution < 1.29 is 14.7 Å². The number of likely N-dealkylation sites (N-methyl/N-ethyl adjacent to an activating group) is 1. The molecule has 0 unspecified atom stereocenters. The highest BCUT2D eigenvalue weighted by atomic mass is 16.3. The lowest BCUT2D eigenvalue weighted by atomic mass is 10.2. The summed E-state index contributed by atoms with van der Waals surface area (Å²) in [6.07, 6.45) is 0. The Balaban J connectivity index is 2.67. The molecule has 0 saturated carbocycles. The molecule has 1 aromatic rings. The highest BCUT2D eigenvalue weighted by Crippen LogP contribution is 2.12. The predicted molar refractivity (Wildman–Crippen MR) is 64.5 cm³/mol. The third-order valence-electron chi connectivity index (χ3n) is 2.37. The number of anilines is 1. The van der Waals surface area contributed by atoms with Crippen molar-refractivity contribution in [2.24, 2.45) is 0 Å². The van der Waals surface area contributed by atoms with E-state index in [0.717, 1.165) is 5.56 Å². The number of aryl methyl sites for hydroxylation is 1. The van der Waals surface area contributed by atoms with E-state index in [9.17, 15) is 9.59 Å². The number of carbonyl (C=O) groups excluding carboxylic acids is 2. The van der Waals surface area contributed by atoms with Crippen LogP contribution in [0.4, 0.5) is 5.69 Å². The van der Waals surface area contributed by atoms with Crippen molar-refractivity contribution in [3.05, 3.63) is 29.8 Å². The van der Waals surface area contributed by atoms with Gasteiger partial charge in [0.15, 0.2) is 0 Å². The van der Waals surface area contributed by atoms with Crippen LogP contribution < -0.4 is 5.32 Å². The molecule has 0 saturated heterocycles. The molecular formula is C12H16N2O3. The summed E-state index contributed by atoms with van der Waals surface area (Å²) in [6, 6.07) is 7.21. The molecule has 2 amide bonds. The van der Waals surface area contributed by atoms with Gasteiger partial charge in [-0.05, 0) is 18.6 Å². The summed E-state index contributed by atoms with van der Waals surface area (Å²) in [5.74, 6) is -1.36. The van der Waals surface area contributed by atoms with Gasteiger partial charge in [-0.3, -0.25) is 9.59 Å². The van der Waals surface area contributed by atoms with Gasteiger partial charge in [0.1, 0.15) is 0 Å². The van der Waals surface area contributed by atoms with E-state index in [0.29, 0.717) is 5.69 Å². The maximum Gasteiger partial charge on any atom is 0.313 e. The van der Waals surface area contributed by atoms with Crippen LogP contribution in [-0.2, 0) is 9.59 Å². The first kappa shape index (κ1) is 13.2. The molecule has 0 radical (unpaired) electrons. The van der Waals surface area contributed by atoms with Gasteiger partial charge in [0.25, 0.3) is 0 Å². The number of carbonyl (C=O) groups is 2. The predicted octanol–water partition coefficient (Wildman–Crippen LogP) is 0.384. The lowest BCUT2D eigenvalue weighted by Crippen LogP contribution is -2.38. The normalized spacial score (nSPS) is 9.82. The van der Waals surface area contributed by atoms with Crippen LogP contribution in [0, 0.1) is 6.92 Å². The molecule has 0 aliphatic carbocycles. The van der Waals surface area contributed by atoms with Gasteiger partial charge in [0.05, 0.1) is 6.61 Å². The number of hydrogen-bond donors (Lipinski definition) is 2. The van der Waals surface area contributed by atoms with Crippen molar-refractivity contribution >= 4 is 17.5 Å². The molecule has 17 heavy (non-hydrogen) atoms. The SMILES string of the molecule is Cc1ccccc1NC(=O)C(=O)N(C)CCO. The Morgan fingerprint density at radius 1 is 1.35 bits per heavy atom. The first-order valence-electron chi connectivity index (χ1n) is 5.29. The number of benzene rings is 1. The summed E-state index contributed by atoms with van der Waals surface area (Å²) in [4.78, 5) is 24.3. The molecule has 92 valence electrons. The van der Waals surface area contributed by atoms with E-state index >= 15 is 0 Å². The Morgan fingerprint density at radius 2 is 2.00 bits per heavy atom. The summed E-state index contributed by atoms with van der Waals surface area (Å²) in [5, 5.41) is 11.2. The fraction of sp³-hybridized carbons (Fsp3) is 0.333. The van der Waals surface area contributed by atoms with Crippen LogP contribution >= 0.6 is 0 Å². The molecule has 1 rings (SSSR count). The van der Waals surface area contributed by atoms with Gasteiger partial charge in [-0.15, -0.1) is 0 Å². The molecular weight excluding hydrogens is 220 g/mol. The lowest BCUT2D eigenvalue weighted by molar-refractivity contribution is -0.142. The second-order valence-corrected chi connectivity index (χ2v) is 3.72. The number of hydrogen-bond acceptors (Lipinski definition) is 3. The average molecular weight is 236 g/mol. The van der Waals surface area contributed by atoms with Gasteiger partial charge in [-0.2, -0.15) is 0 Å². The van der Waals surface area contributed by atoms with Crippen molar-refractivity contribution in [1.82, 2.24) is 4.90 Å². The number of aliphatic hydroxyl groups excluding tert-OH is 1. The monoisotopic (exact) mass is 236 g/mol. The number of nitrogens with one attached hydrogen (secondary N) is 1. The number of aliphatic hydroxyl groups is 1. The van der Waals surface area contributed by atoms with Crippen LogP contribution in [0.1, 0.15) is 5.56 Å². The topological polar surface area (TPSA) is 69.6 Å². The van der Waals surface area contributed by atoms with Crippen molar-refractivity contribution in [2.45, 2.75) is 6.92 Å². The molecule has 0 spiro atoms. The minimum Gasteiger partial charge on any atom is -0.395 e. The van der Waals surface area contributed by atoms with Gasteiger partial charge in [-0.25, -0.2) is 0 Å². The Bertz CT molecular complexity index is 418. The Labute approximate surface area is 100 Å². The molecule has 5 heteroatoms. The van der Waals surface area contributed by atoms with Crippen LogP contribution in [0.2, 0.25) is 0 Å². The largest absolute Gasteiger partial charge is 0.395 e. The number of rotatable bonds is 3. The van der Waals surface area contributed by atoms with E-state index in [1.165, 1.54) is 11.9 Å². The quantitative estimate of drug-likeness (QED) is 0.746. The average Bonchev–Trinajstić information content (AvgIpc) is 2.31. The Hall–Kier alpha value is -1.88. The van der Waals surface area contributed by atoms with Gasteiger partial charge < -0.3 is 15.3 Å². The van der Waals surface area contributed by atoms with E-state index in [4.69, 9.17) is 5.11 Å². The van der Waals surface area contributed by atoms with E-state index in [1.807, 2.05) is 19.1 Å². The third kappa shape index (κ3) is 3.57. The van der Waals surface area contributed by atoms with Crippen LogP contribution in [0.15, 0.2) is 24.3 Å². The highest BCUT2D eigenvalue weighted by molar-refractivity contribution is 6.39.